The molecule has 1 amide bonds. The van der Waals surface area contributed by atoms with Gasteiger partial charge in [0.05, 0.1) is 0 Å². The van der Waals surface area contributed by atoms with E-state index in [4.69, 9.17) is 0 Å². The number of carbonyl (C=O) groups is 1. The summed E-state index contributed by atoms with van der Waals surface area (Å²) in [5.41, 5.74) is 2.23. The Balaban J connectivity index is 1.69. The van der Waals surface area contributed by atoms with Gasteiger partial charge in [-0.3, -0.25) is 9.78 Å². The highest BCUT2D eigenvalue weighted by Gasteiger charge is 2.32. The van der Waals surface area contributed by atoms with Crippen LogP contribution in [0.4, 0.5) is 0 Å². The molecule has 102 valence electrons. The first-order chi connectivity index (χ1) is 9.24. The molecule has 0 bridgehead atoms. The molecule has 0 aromatic carbocycles. The highest BCUT2D eigenvalue weighted by molar-refractivity contribution is 5.79. The quantitative estimate of drug-likeness (QED) is 0.817. The van der Waals surface area contributed by atoms with Gasteiger partial charge in [0.15, 0.2) is 0 Å². The summed E-state index contributed by atoms with van der Waals surface area (Å²) in [7, 11) is 0. The maximum Gasteiger partial charge on any atom is 0.225 e. The number of likely N-dealkylation sites (tertiary alicyclic amines) is 1. The molecule has 1 aromatic heterocycles. The van der Waals surface area contributed by atoms with E-state index in [1.807, 2.05) is 13.0 Å². The predicted octanol–water partition coefficient (Wildman–Crippen LogP) is 2.90. The van der Waals surface area contributed by atoms with Gasteiger partial charge in [-0.05, 0) is 44.7 Å². The second-order valence-corrected chi connectivity index (χ2v) is 5.96. The lowest BCUT2D eigenvalue weighted by molar-refractivity contribution is -0.139. The molecule has 1 saturated heterocycles. The average molecular weight is 258 g/mol. The lowest BCUT2D eigenvalue weighted by atomic mass is 9.83. The number of hydrogen-bond donors (Lipinski definition) is 0. The summed E-state index contributed by atoms with van der Waals surface area (Å²) in [6.45, 7) is 3.84. The first-order valence-corrected chi connectivity index (χ1v) is 7.46. The Morgan fingerprint density at radius 2 is 2.11 bits per heavy atom. The molecule has 2 fully saturated rings. The number of rotatable bonds is 2. The Labute approximate surface area is 115 Å². The molecule has 1 aliphatic carbocycles. The summed E-state index contributed by atoms with van der Waals surface area (Å²) < 4.78 is 0. The number of carbonyl (C=O) groups excluding carboxylic acids is 1. The highest BCUT2D eigenvalue weighted by Crippen LogP contribution is 2.32. The summed E-state index contributed by atoms with van der Waals surface area (Å²) in [6, 6.07) is 6.21. The van der Waals surface area contributed by atoms with Crippen molar-refractivity contribution >= 4 is 5.91 Å². The van der Waals surface area contributed by atoms with Gasteiger partial charge in [-0.15, -0.1) is 0 Å². The van der Waals surface area contributed by atoms with E-state index < -0.39 is 0 Å². The third kappa shape index (κ3) is 2.65. The Morgan fingerprint density at radius 1 is 1.26 bits per heavy atom. The van der Waals surface area contributed by atoms with Crippen LogP contribution in [0.1, 0.15) is 49.4 Å². The van der Waals surface area contributed by atoms with Crippen LogP contribution in [0.25, 0.3) is 0 Å². The highest BCUT2D eigenvalue weighted by atomic mass is 16.2. The zero-order chi connectivity index (χ0) is 13.2. The van der Waals surface area contributed by atoms with Crippen molar-refractivity contribution in [2.75, 3.05) is 13.1 Å². The average Bonchev–Trinajstić information content (AvgIpc) is 2.37. The van der Waals surface area contributed by atoms with Gasteiger partial charge in [0.2, 0.25) is 5.91 Å². The van der Waals surface area contributed by atoms with Crippen LogP contribution in [0, 0.1) is 12.8 Å². The van der Waals surface area contributed by atoms with Crippen LogP contribution in [0.15, 0.2) is 18.2 Å². The van der Waals surface area contributed by atoms with Crippen LogP contribution in [-0.4, -0.2) is 28.9 Å². The van der Waals surface area contributed by atoms with Gasteiger partial charge < -0.3 is 4.90 Å². The standard InChI is InChI=1S/C16H22N2O/c1-12-5-2-9-15(17-12)14-8-4-10-18(11-14)16(19)13-6-3-7-13/h2,5,9,13-14H,3-4,6-8,10-11H2,1H3. The van der Waals surface area contributed by atoms with Gasteiger partial charge >= 0.3 is 0 Å². The predicted molar refractivity (Wildman–Crippen MR) is 74.9 cm³/mol. The van der Waals surface area contributed by atoms with Crippen molar-refractivity contribution < 1.29 is 4.79 Å². The minimum Gasteiger partial charge on any atom is -0.342 e. The lowest BCUT2D eigenvalue weighted by Crippen LogP contribution is -2.44. The molecule has 1 aliphatic heterocycles. The van der Waals surface area contributed by atoms with Crippen LogP contribution in [0.3, 0.4) is 0 Å². The number of aryl methyl sites for hydroxylation is 1. The molecule has 0 radical (unpaired) electrons. The van der Waals surface area contributed by atoms with E-state index in [1.165, 1.54) is 6.42 Å². The lowest BCUT2D eigenvalue weighted by Gasteiger charge is -2.37. The molecule has 1 saturated carbocycles. The first kappa shape index (κ1) is 12.6. The Hall–Kier alpha value is -1.38. The molecule has 3 rings (SSSR count). The summed E-state index contributed by atoms with van der Waals surface area (Å²) in [6.07, 6.45) is 5.70. The molecule has 3 heteroatoms. The summed E-state index contributed by atoms with van der Waals surface area (Å²) >= 11 is 0. The van der Waals surface area contributed by atoms with E-state index in [2.05, 4.69) is 22.0 Å². The first-order valence-electron chi connectivity index (χ1n) is 7.46. The van der Waals surface area contributed by atoms with Crippen molar-refractivity contribution in [1.82, 2.24) is 9.88 Å². The molecule has 2 aliphatic rings. The van der Waals surface area contributed by atoms with Crippen molar-refractivity contribution in [1.29, 1.82) is 0 Å². The molecule has 1 aromatic rings. The van der Waals surface area contributed by atoms with Crippen LogP contribution in [0.5, 0.6) is 0 Å². The van der Waals surface area contributed by atoms with Crippen LogP contribution in [-0.2, 0) is 4.79 Å². The van der Waals surface area contributed by atoms with Crippen LogP contribution < -0.4 is 0 Å². The fourth-order valence-electron chi connectivity index (χ4n) is 3.12. The summed E-state index contributed by atoms with van der Waals surface area (Å²) in [5, 5.41) is 0. The topological polar surface area (TPSA) is 33.2 Å². The summed E-state index contributed by atoms with van der Waals surface area (Å²) in [4.78, 5) is 19.0. The smallest absolute Gasteiger partial charge is 0.225 e. The Morgan fingerprint density at radius 3 is 2.79 bits per heavy atom. The van der Waals surface area contributed by atoms with Crippen molar-refractivity contribution in [2.24, 2.45) is 5.92 Å². The number of piperidine rings is 1. The molecule has 0 spiro atoms. The second kappa shape index (κ2) is 5.32. The largest absolute Gasteiger partial charge is 0.342 e. The van der Waals surface area contributed by atoms with Gasteiger partial charge in [0, 0.05) is 36.3 Å². The van der Waals surface area contributed by atoms with Crippen molar-refractivity contribution in [3.8, 4) is 0 Å². The second-order valence-electron chi connectivity index (χ2n) is 5.96. The molecule has 2 heterocycles. The normalized spacial score (nSPS) is 24.1. The van der Waals surface area contributed by atoms with Crippen molar-refractivity contribution in [3.05, 3.63) is 29.6 Å². The number of aromatic nitrogens is 1. The summed E-state index contributed by atoms with van der Waals surface area (Å²) in [5.74, 6) is 1.14. The molecular formula is C16H22N2O. The van der Waals surface area contributed by atoms with Gasteiger partial charge in [0.1, 0.15) is 0 Å². The molecule has 3 nitrogen and oxygen atoms in total. The fourth-order valence-corrected chi connectivity index (χ4v) is 3.12. The zero-order valence-electron chi connectivity index (χ0n) is 11.6. The van der Waals surface area contributed by atoms with E-state index in [0.717, 1.165) is 50.2 Å². The van der Waals surface area contributed by atoms with Gasteiger partial charge in [-0.1, -0.05) is 12.5 Å². The minimum atomic E-state index is 0.323. The van der Waals surface area contributed by atoms with E-state index in [9.17, 15) is 4.79 Å². The Bertz CT molecular complexity index is 468. The molecule has 0 N–H and O–H groups in total. The Kier molecular flexibility index (Phi) is 3.54. The van der Waals surface area contributed by atoms with Crippen LogP contribution in [0.2, 0.25) is 0 Å². The zero-order valence-corrected chi connectivity index (χ0v) is 11.6. The van der Waals surface area contributed by atoms with Crippen molar-refractivity contribution in [3.63, 3.8) is 0 Å². The van der Waals surface area contributed by atoms with E-state index >= 15 is 0 Å². The van der Waals surface area contributed by atoms with E-state index in [-0.39, 0.29) is 0 Å². The van der Waals surface area contributed by atoms with Gasteiger partial charge in [-0.25, -0.2) is 0 Å². The SMILES string of the molecule is Cc1cccc(C2CCCN(C(=O)C3CCC3)C2)n1. The van der Waals surface area contributed by atoms with Gasteiger partial charge in [-0.2, -0.15) is 0 Å². The molecular weight excluding hydrogens is 236 g/mol. The third-order valence-electron chi connectivity index (χ3n) is 4.52. The molecule has 1 unspecified atom stereocenters. The fraction of sp³-hybridized carbons (Fsp3) is 0.625. The van der Waals surface area contributed by atoms with Crippen molar-refractivity contribution in [2.45, 2.75) is 44.9 Å². The molecule has 1 atom stereocenters. The van der Waals surface area contributed by atoms with Gasteiger partial charge in [0.25, 0.3) is 0 Å². The minimum absolute atomic E-state index is 0.323. The number of amides is 1. The van der Waals surface area contributed by atoms with E-state index in [0.29, 0.717) is 17.7 Å². The van der Waals surface area contributed by atoms with Crippen LogP contribution >= 0.6 is 0 Å². The number of pyridine rings is 1. The number of nitrogens with zero attached hydrogens (tertiary/aromatic N) is 2. The monoisotopic (exact) mass is 258 g/mol. The number of hydrogen-bond acceptors (Lipinski definition) is 2. The molecule has 19 heavy (non-hydrogen) atoms. The maximum absolute atomic E-state index is 12.3. The third-order valence-corrected chi connectivity index (χ3v) is 4.52. The maximum atomic E-state index is 12.3. The van der Waals surface area contributed by atoms with E-state index in [1.54, 1.807) is 0 Å².